The maximum atomic E-state index is 4.82. The van der Waals surface area contributed by atoms with Crippen molar-refractivity contribution in [3.05, 3.63) is 24.7 Å². The zero-order valence-corrected chi connectivity index (χ0v) is 6.97. The molecule has 13 heavy (non-hydrogen) atoms. The van der Waals surface area contributed by atoms with Crippen molar-refractivity contribution in [3.8, 4) is 17.3 Å². The number of aromatic nitrogens is 3. The first-order valence-corrected chi connectivity index (χ1v) is 3.67. The van der Waals surface area contributed by atoms with Crippen LogP contribution in [0.4, 0.5) is 0 Å². The maximum absolute atomic E-state index is 4.82. The molecule has 5 nitrogen and oxygen atoms in total. The molecule has 0 spiro atoms. The summed E-state index contributed by atoms with van der Waals surface area (Å²) < 4.78 is 9.51. The molecule has 0 aromatic carbocycles. The van der Waals surface area contributed by atoms with Crippen LogP contribution in [0.2, 0.25) is 0 Å². The second-order valence-electron chi connectivity index (χ2n) is 2.34. The predicted octanol–water partition coefficient (Wildman–Crippen LogP) is 1.14. The van der Waals surface area contributed by atoms with Gasteiger partial charge in [0.25, 0.3) is 0 Å². The van der Waals surface area contributed by atoms with E-state index in [-0.39, 0.29) is 0 Å². The van der Waals surface area contributed by atoms with Gasteiger partial charge in [0.15, 0.2) is 0 Å². The molecule has 0 aliphatic rings. The van der Waals surface area contributed by atoms with Crippen molar-refractivity contribution >= 4 is 0 Å². The van der Waals surface area contributed by atoms with E-state index in [1.807, 2.05) is 0 Å². The highest BCUT2D eigenvalue weighted by Gasteiger charge is 2.02. The Kier molecular flexibility index (Phi) is 1.91. The Labute approximate surface area is 74.4 Å². The van der Waals surface area contributed by atoms with Crippen molar-refractivity contribution in [3.63, 3.8) is 0 Å². The van der Waals surface area contributed by atoms with Gasteiger partial charge in [0.2, 0.25) is 0 Å². The van der Waals surface area contributed by atoms with Crippen LogP contribution in [0.15, 0.2) is 29.2 Å². The molecule has 0 atom stereocenters. The van der Waals surface area contributed by atoms with Gasteiger partial charge in [-0.2, -0.15) is 0 Å². The van der Waals surface area contributed by atoms with Crippen LogP contribution >= 0.6 is 0 Å². The van der Waals surface area contributed by atoms with Crippen LogP contribution in [-0.4, -0.2) is 22.2 Å². The van der Waals surface area contributed by atoms with Gasteiger partial charge in [0.1, 0.15) is 12.0 Å². The number of ether oxygens (including phenoxy) is 1. The Morgan fingerprint density at radius 3 is 2.62 bits per heavy atom. The summed E-state index contributed by atoms with van der Waals surface area (Å²) >= 11 is 0. The van der Waals surface area contributed by atoms with Crippen LogP contribution in [0.3, 0.4) is 0 Å². The van der Waals surface area contributed by atoms with Crippen molar-refractivity contribution in [1.82, 2.24) is 15.1 Å². The van der Waals surface area contributed by atoms with Crippen molar-refractivity contribution in [2.75, 3.05) is 7.11 Å². The topological polar surface area (TPSA) is 61.0 Å². The van der Waals surface area contributed by atoms with Gasteiger partial charge in [0.05, 0.1) is 7.11 Å². The van der Waals surface area contributed by atoms with Gasteiger partial charge in [0, 0.05) is 24.0 Å². The minimum absolute atomic E-state index is 0.340. The lowest BCUT2D eigenvalue weighted by Gasteiger charge is -1.96. The fourth-order valence-corrected chi connectivity index (χ4v) is 0.915. The molecular weight excluding hydrogens is 170 g/mol. The van der Waals surface area contributed by atoms with Gasteiger partial charge in [-0.3, -0.25) is 0 Å². The number of hydrogen-bond acceptors (Lipinski definition) is 5. The summed E-state index contributed by atoms with van der Waals surface area (Å²) in [7, 11) is 1.52. The van der Waals surface area contributed by atoms with Crippen LogP contribution in [0.1, 0.15) is 0 Å². The molecule has 0 saturated carbocycles. The maximum Gasteiger partial charge on any atom is 0.316 e. The first-order valence-electron chi connectivity index (χ1n) is 3.67. The number of hydrogen-bond donors (Lipinski definition) is 0. The quantitative estimate of drug-likeness (QED) is 0.688. The lowest BCUT2D eigenvalue weighted by Crippen LogP contribution is -1.91. The van der Waals surface area contributed by atoms with Crippen molar-refractivity contribution in [2.24, 2.45) is 0 Å². The molecule has 0 amide bonds. The van der Waals surface area contributed by atoms with Crippen LogP contribution in [0.5, 0.6) is 6.01 Å². The highest BCUT2D eigenvalue weighted by molar-refractivity contribution is 5.55. The van der Waals surface area contributed by atoms with Crippen molar-refractivity contribution in [1.29, 1.82) is 0 Å². The zero-order chi connectivity index (χ0) is 9.10. The summed E-state index contributed by atoms with van der Waals surface area (Å²) in [6.07, 6.45) is 4.76. The Morgan fingerprint density at radius 1 is 1.31 bits per heavy atom. The molecule has 0 N–H and O–H groups in total. The summed E-state index contributed by atoms with van der Waals surface area (Å²) in [6, 6.07) is 2.08. The molecular formula is C8H7N3O2. The molecule has 2 aromatic heterocycles. The normalized spacial score (nSPS) is 9.92. The summed E-state index contributed by atoms with van der Waals surface area (Å²) in [5, 5.41) is 3.75. The first kappa shape index (κ1) is 7.72. The molecule has 0 bridgehead atoms. The molecule has 0 aliphatic carbocycles. The van der Waals surface area contributed by atoms with Gasteiger partial charge >= 0.3 is 6.01 Å². The molecule has 5 heteroatoms. The van der Waals surface area contributed by atoms with E-state index < -0.39 is 0 Å². The minimum Gasteiger partial charge on any atom is -0.467 e. The van der Waals surface area contributed by atoms with Gasteiger partial charge in [-0.1, -0.05) is 5.16 Å². The van der Waals surface area contributed by atoms with Gasteiger partial charge in [-0.05, 0) is 0 Å². The zero-order valence-electron chi connectivity index (χ0n) is 6.97. The molecule has 0 unspecified atom stereocenters. The second kappa shape index (κ2) is 3.22. The lowest BCUT2D eigenvalue weighted by molar-refractivity contribution is 0.380. The van der Waals surface area contributed by atoms with E-state index in [0.717, 1.165) is 5.56 Å². The largest absolute Gasteiger partial charge is 0.467 e. The number of methoxy groups -OCH3 is 1. The SMILES string of the molecule is COc1ncc(-c2ccon2)cn1. The van der Waals surface area contributed by atoms with Crippen LogP contribution < -0.4 is 4.74 Å². The molecule has 2 heterocycles. The highest BCUT2D eigenvalue weighted by Crippen LogP contribution is 2.15. The Balaban J connectivity index is 2.33. The summed E-state index contributed by atoms with van der Waals surface area (Å²) in [5.74, 6) is 0. The number of nitrogens with zero attached hydrogens (tertiary/aromatic N) is 3. The van der Waals surface area contributed by atoms with Gasteiger partial charge in [-0.25, -0.2) is 9.97 Å². The van der Waals surface area contributed by atoms with Crippen LogP contribution in [0, 0.1) is 0 Å². The van der Waals surface area contributed by atoms with E-state index in [9.17, 15) is 0 Å². The van der Waals surface area contributed by atoms with Crippen LogP contribution in [-0.2, 0) is 0 Å². The minimum atomic E-state index is 0.340. The fraction of sp³-hybridized carbons (Fsp3) is 0.125. The van der Waals surface area contributed by atoms with Crippen molar-refractivity contribution in [2.45, 2.75) is 0 Å². The van der Waals surface area contributed by atoms with Gasteiger partial charge in [-0.15, -0.1) is 0 Å². The van der Waals surface area contributed by atoms with E-state index in [2.05, 4.69) is 19.6 Å². The Bertz CT molecular complexity index is 369. The molecule has 0 fully saturated rings. The first-order chi connectivity index (χ1) is 6.40. The number of rotatable bonds is 2. The smallest absolute Gasteiger partial charge is 0.316 e. The highest BCUT2D eigenvalue weighted by atomic mass is 16.5. The van der Waals surface area contributed by atoms with E-state index >= 15 is 0 Å². The average molecular weight is 177 g/mol. The summed E-state index contributed by atoms with van der Waals surface area (Å²) in [6.45, 7) is 0. The Morgan fingerprint density at radius 2 is 2.08 bits per heavy atom. The average Bonchev–Trinajstić information content (AvgIpc) is 2.71. The van der Waals surface area contributed by atoms with E-state index in [1.54, 1.807) is 18.5 Å². The monoisotopic (exact) mass is 177 g/mol. The Hall–Kier alpha value is -1.91. The molecule has 0 saturated heterocycles. The third-order valence-corrected chi connectivity index (χ3v) is 1.54. The summed E-state index contributed by atoms with van der Waals surface area (Å²) in [4.78, 5) is 7.88. The molecule has 0 aliphatic heterocycles. The van der Waals surface area contributed by atoms with Crippen LogP contribution in [0.25, 0.3) is 11.3 Å². The standard InChI is InChI=1S/C8H7N3O2/c1-12-8-9-4-6(5-10-8)7-2-3-13-11-7/h2-5H,1H3. The lowest BCUT2D eigenvalue weighted by atomic mass is 10.2. The molecule has 2 rings (SSSR count). The third-order valence-electron chi connectivity index (χ3n) is 1.54. The second-order valence-corrected chi connectivity index (χ2v) is 2.34. The third kappa shape index (κ3) is 1.48. The predicted molar refractivity (Wildman–Crippen MR) is 44.1 cm³/mol. The molecule has 2 aromatic rings. The molecule has 0 radical (unpaired) electrons. The molecule has 66 valence electrons. The van der Waals surface area contributed by atoms with Crippen molar-refractivity contribution < 1.29 is 9.26 Å². The fourth-order valence-electron chi connectivity index (χ4n) is 0.915. The van der Waals surface area contributed by atoms with E-state index in [0.29, 0.717) is 11.7 Å². The van der Waals surface area contributed by atoms with E-state index in [4.69, 9.17) is 4.74 Å². The van der Waals surface area contributed by atoms with Gasteiger partial charge < -0.3 is 9.26 Å². The van der Waals surface area contributed by atoms with E-state index in [1.165, 1.54) is 13.4 Å². The summed E-state index contributed by atoms with van der Waals surface area (Å²) in [5.41, 5.74) is 1.51.